The molecule has 1 atom stereocenters. The molecule has 88 valence electrons. The highest BCUT2D eigenvalue weighted by Crippen LogP contribution is 2.15. The largest absolute Gasteiger partial charge is 0.394 e. The molecule has 0 saturated carbocycles. The van der Waals surface area contributed by atoms with Crippen LogP contribution in [0.25, 0.3) is 0 Å². The number of rotatable bonds is 6. The molecule has 1 rings (SSSR count). The lowest BCUT2D eigenvalue weighted by Crippen LogP contribution is -2.16. The minimum atomic E-state index is -0.577. The number of hydrogen-bond donors (Lipinski definition) is 3. The summed E-state index contributed by atoms with van der Waals surface area (Å²) in [6.45, 7) is -0.0853. The molecule has 0 bridgehead atoms. The lowest BCUT2D eigenvalue weighted by Gasteiger charge is -2.09. The van der Waals surface area contributed by atoms with Crippen molar-refractivity contribution in [1.82, 2.24) is 0 Å². The van der Waals surface area contributed by atoms with E-state index in [0.717, 1.165) is 5.56 Å². The van der Waals surface area contributed by atoms with Gasteiger partial charge in [-0.2, -0.15) is 0 Å². The number of nitrogens with two attached hydrogens (primary N) is 1. The molecule has 5 heteroatoms. The Labute approximate surface area is 94.1 Å². The Morgan fingerprint density at radius 2 is 2.06 bits per heavy atom. The number of oxime groups is 1. The molecule has 1 aromatic rings. The number of amidine groups is 1. The summed E-state index contributed by atoms with van der Waals surface area (Å²) < 4.78 is 0. The maximum atomic E-state index is 9.73. The summed E-state index contributed by atoms with van der Waals surface area (Å²) in [7, 11) is 0. The second kappa shape index (κ2) is 6.81. The minimum Gasteiger partial charge on any atom is -0.394 e. The van der Waals surface area contributed by atoms with Crippen molar-refractivity contribution in [3.63, 3.8) is 0 Å². The number of aliphatic hydroxyl groups excluding tert-OH is 2. The molecule has 0 spiro atoms. The van der Waals surface area contributed by atoms with Crippen LogP contribution in [0, 0.1) is 0 Å². The van der Waals surface area contributed by atoms with Crippen molar-refractivity contribution in [2.75, 3.05) is 13.2 Å². The van der Waals surface area contributed by atoms with Crippen molar-refractivity contribution in [2.24, 2.45) is 10.9 Å². The lowest BCUT2D eigenvalue weighted by atomic mass is 10.1. The summed E-state index contributed by atoms with van der Waals surface area (Å²) >= 11 is 0. The average Bonchev–Trinajstić information content (AvgIpc) is 2.35. The van der Waals surface area contributed by atoms with Gasteiger partial charge in [0.15, 0.2) is 5.84 Å². The van der Waals surface area contributed by atoms with Crippen molar-refractivity contribution in [3.05, 3.63) is 35.9 Å². The van der Waals surface area contributed by atoms with Crippen LogP contribution in [0.3, 0.4) is 0 Å². The van der Waals surface area contributed by atoms with Crippen LogP contribution in [0.1, 0.15) is 18.1 Å². The first-order valence-electron chi connectivity index (χ1n) is 5.02. The second-order valence-corrected chi connectivity index (χ2v) is 3.29. The monoisotopic (exact) mass is 224 g/mol. The van der Waals surface area contributed by atoms with E-state index in [9.17, 15) is 5.11 Å². The molecule has 16 heavy (non-hydrogen) atoms. The van der Waals surface area contributed by atoms with Crippen molar-refractivity contribution < 1.29 is 15.1 Å². The number of aliphatic hydroxyl groups is 2. The Bertz CT molecular complexity index is 327. The van der Waals surface area contributed by atoms with E-state index in [-0.39, 0.29) is 19.0 Å². The Balaban J connectivity index is 2.29. The van der Waals surface area contributed by atoms with Crippen LogP contribution in [0.4, 0.5) is 0 Å². The summed E-state index contributed by atoms with van der Waals surface area (Å²) in [5.74, 6) is 0.0224. The van der Waals surface area contributed by atoms with Crippen molar-refractivity contribution >= 4 is 5.84 Å². The van der Waals surface area contributed by atoms with Crippen LogP contribution in [0.5, 0.6) is 0 Å². The van der Waals surface area contributed by atoms with Crippen LogP contribution >= 0.6 is 0 Å². The van der Waals surface area contributed by atoms with E-state index in [1.807, 2.05) is 30.3 Å². The maximum absolute atomic E-state index is 9.73. The van der Waals surface area contributed by atoms with Crippen LogP contribution in [0.2, 0.25) is 0 Å². The first-order chi connectivity index (χ1) is 7.74. The normalized spacial score (nSPS) is 13.5. The summed E-state index contributed by atoms with van der Waals surface area (Å²) in [5, 5.41) is 21.7. The predicted molar refractivity (Wildman–Crippen MR) is 60.7 cm³/mol. The number of nitrogens with zero attached hydrogens (tertiary/aromatic N) is 1. The Morgan fingerprint density at radius 3 is 2.69 bits per heavy atom. The summed E-state index contributed by atoms with van der Waals surface area (Å²) in [6, 6.07) is 9.30. The van der Waals surface area contributed by atoms with Gasteiger partial charge in [0.2, 0.25) is 0 Å². The molecule has 5 nitrogen and oxygen atoms in total. The highest BCUT2D eigenvalue weighted by atomic mass is 16.6. The fourth-order valence-corrected chi connectivity index (χ4v) is 1.16. The zero-order valence-corrected chi connectivity index (χ0v) is 8.91. The van der Waals surface area contributed by atoms with Gasteiger partial charge >= 0.3 is 0 Å². The highest BCUT2D eigenvalue weighted by molar-refractivity contribution is 5.80. The van der Waals surface area contributed by atoms with Gasteiger partial charge in [0.05, 0.1) is 6.10 Å². The van der Waals surface area contributed by atoms with E-state index in [0.29, 0.717) is 6.42 Å². The molecule has 4 N–H and O–H groups in total. The molecule has 0 aromatic heterocycles. The maximum Gasteiger partial charge on any atom is 0.165 e. The SMILES string of the molecule is N/C(CO)=N\OCC[C@H](O)c1ccccc1. The highest BCUT2D eigenvalue weighted by Gasteiger charge is 2.06. The van der Waals surface area contributed by atoms with Crippen molar-refractivity contribution in [1.29, 1.82) is 0 Å². The summed E-state index contributed by atoms with van der Waals surface area (Å²) in [4.78, 5) is 4.82. The third kappa shape index (κ3) is 4.29. The molecule has 1 aromatic carbocycles. The molecule has 0 saturated heterocycles. The fourth-order valence-electron chi connectivity index (χ4n) is 1.16. The van der Waals surface area contributed by atoms with E-state index < -0.39 is 6.10 Å². The van der Waals surface area contributed by atoms with Gasteiger partial charge in [-0.1, -0.05) is 35.5 Å². The van der Waals surface area contributed by atoms with Crippen LogP contribution in [-0.2, 0) is 4.84 Å². The first kappa shape index (κ1) is 12.5. The predicted octanol–water partition coefficient (Wildman–Crippen LogP) is 0.391. The van der Waals surface area contributed by atoms with Gasteiger partial charge in [-0.25, -0.2) is 0 Å². The second-order valence-electron chi connectivity index (χ2n) is 3.29. The topological polar surface area (TPSA) is 88.1 Å². The zero-order chi connectivity index (χ0) is 11.8. The number of hydrogen-bond acceptors (Lipinski definition) is 4. The van der Waals surface area contributed by atoms with Crippen molar-refractivity contribution in [2.45, 2.75) is 12.5 Å². The third-order valence-electron chi connectivity index (χ3n) is 2.01. The van der Waals surface area contributed by atoms with Gasteiger partial charge in [0.25, 0.3) is 0 Å². The minimum absolute atomic E-state index is 0.0224. The van der Waals surface area contributed by atoms with Gasteiger partial charge in [-0.05, 0) is 5.56 Å². The van der Waals surface area contributed by atoms with E-state index in [2.05, 4.69) is 5.16 Å². The molecule has 0 unspecified atom stereocenters. The summed E-state index contributed by atoms with van der Waals surface area (Å²) in [5.41, 5.74) is 6.05. The molecular weight excluding hydrogens is 208 g/mol. The van der Waals surface area contributed by atoms with Gasteiger partial charge < -0.3 is 20.8 Å². The first-order valence-corrected chi connectivity index (χ1v) is 5.02. The molecule has 0 radical (unpaired) electrons. The Morgan fingerprint density at radius 1 is 1.38 bits per heavy atom. The Hall–Kier alpha value is -1.59. The molecule has 0 amide bonds. The molecular formula is C11H16N2O3. The quantitative estimate of drug-likeness (QED) is 0.282. The molecule has 0 aliphatic carbocycles. The lowest BCUT2D eigenvalue weighted by molar-refractivity contribution is 0.0851. The zero-order valence-electron chi connectivity index (χ0n) is 8.91. The number of benzene rings is 1. The van der Waals surface area contributed by atoms with E-state index in [1.165, 1.54) is 0 Å². The molecule has 0 heterocycles. The van der Waals surface area contributed by atoms with Crippen molar-refractivity contribution in [3.8, 4) is 0 Å². The fraction of sp³-hybridized carbons (Fsp3) is 0.364. The van der Waals surface area contributed by atoms with Crippen LogP contribution in [-0.4, -0.2) is 29.3 Å². The smallest absolute Gasteiger partial charge is 0.165 e. The molecule has 0 fully saturated rings. The van der Waals surface area contributed by atoms with Gasteiger partial charge in [0, 0.05) is 6.42 Å². The van der Waals surface area contributed by atoms with E-state index in [4.69, 9.17) is 15.7 Å². The third-order valence-corrected chi connectivity index (χ3v) is 2.01. The van der Waals surface area contributed by atoms with Gasteiger partial charge in [-0.3, -0.25) is 0 Å². The molecule has 0 aliphatic heterocycles. The standard InChI is InChI=1S/C11H16N2O3/c12-11(8-14)13-16-7-6-10(15)9-4-2-1-3-5-9/h1-5,10,14-15H,6-8H2,(H2,12,13)/t10-/m0/s1. The summed E-state index contributed by atoms with van der Waals surface area (Å²) in [6.07, 6.45) is -0.154. The Kier molecular flexibility index (Phi) is 5.31. The van der Waals surface area contributed by atoms with E-state index in [1.54, 1.807) is 0 Å². The van der Waals surface area contributed by atoms with Crippen LogP contribution < -0.4 is 5.73 Å². The van der Waals surface area contributed by atoms with Crippen LogP contribution in [0.15, 0.2) is 35.5 Å². The van der Waals surface area contributed by atoms with E-state index >= 15 is 0 Å². The average molecular weight is 224 g/mol. The van der Waals surface area contributed by atoms with Gasteiger partial charge in [-0.15, -0.1) is 0 Å². The molecule has 0 aliphatic rings. The van der Waals surface area contributed by atoms with Gasteiger partial charge in [0.1, 0.15) is 13.2 Å².